The summed E-state index contributed by atoms with van der Waals surface area (Å²) in [4.78, 5) is 27.4. The molecule has 5 nitrogen and oxygen atoms in total. The second kappa shape index (κ2) is 9.85. The predicted molar refractivity (Wildman–Crippen MR) is 114 cm³/mol. The number of amides is 1. The number of benzene rings is 1. The van der Waals surface area contributed by atoms with E-state index in [9.17, 15) is 9.59 Å². The number of nitrogens with zero attached hydrogens (tertiary/aromatic N) is 1. The van der Waals surface area contributed by atoms with Gasteiger partial charge in [-0.15, -0.1) is 11.3 Å². The van der Waals surface area contributed by atoms with Gasteiger partial charge < -0.3 is 10.1 Å². The number of aryl methyl sites for hydroxylation is 1. The second-order valence-electron chi connectivity index (χ2n) is 7.18. The molecular weight excluding hydrogens is 372 g/mol. The van der Waals surface area contributed by atoms with Crippen molar-refractivity contribution in [2.24, 2.45) is 0 Å². The molecule has 1 aromatic carbocycles. The van der Waals surface area contributed by atoms with Crippen LogP contribution >= 0.6 is 11.3 Å². The molecule has 0 aliphatic carbocycles. The van der Waals surface area contributed by atoms with Gasteiger partial charge in [0.05, 0.1) is 13.2 Å². The first-order valence-electron chi connectivity index (χ1n) is 9.96. The Balaban J connectivity index is 1.80. The molecule has 1 aliphatic rings. The minimum Gasteiger partial charge on any atom is -0.462 e. The zero-order valence-electron chi connectivity index (χ0n) is 16.6. The Bertz CT molecular complexity index is 806. The third-order valence-electron chi connectivity index (χ3n) is 4.95. The zero-order chi connectivity index (χ0) is 19.9. The van der Waals surface area contributed by atoms with Crippen LogP contribution in [0, 0.1) is 6.92 Å². The molecule has 1 fully saturated rings. The molecular formula is C22H28N2O3S. The monoisotopic (exact) mass is 400 g/mol. The van der Waals surface area contributed by atoms with Gasteiger partial charge in [0.15, 0.2) is 0 Å². The van der Waals surface area contributed by atoms with Crippen molar-refractivity contribution in [1.29, 1.82) is 0 Å². The molecule has 1 amide bonds. The van der Waals surface area contributed by atoms with Crippen LogP contribution in [0.2, 0.25) is 0 Å². The number of thiophene rings is 1. The highest BCUT2D eigenvalue weighted by Gasteiger charge is 2.23. The molecule has 0 spiro atoms. The van der Waals surface area contributed by atoms with E-state index in [1.54, 1.807) is 6.92 Å². The summed E-state index contributed by atoms with van der Waals surface area (Å²) in [5.74, 6) is -0.478. The van der Waals surface area contributed by atoms with Crippen LogP contribution < -0.4 is 5.32 Å². The molecule has 28 heavy (non-hydrogen) atoms. The third-order valence-corrected chi connectivity index (χ3v) is 5.85. The minimum absolute atomic E-state index is 0.0789. The van der Waals surface area contributed by atoms with Gasteiger partial charge in [0, 0.05) is 10.9 Å². The number of hydrogen-bond donors (Lipinski definition) is 1. The molecule has 1 aromatic heterocycles. The predicted octanol–water partition coefficient (Wildman–Crippen LogP) is 4.71. The molecule has 0 atom stereocenters. The number of ether oxygens (including phenoxy) is 1. The molecule has 6 heteroatoms. The Morgan fingerprint density at radius 2 is 1.79 bits per heavy atom. The Labute approximate surface area is 170 Å². The lowest BCUT2D eigenvalue weighted by molar-refractivity contribution is -0.117. The Morgan fingerprint density at radius 1 is 1.11 bits per heavy atom. The molecule has 1 N–H and O–H groups in total. The van der Waals surface area contributed by atoms with Crippen molar-refractivity contribution >= 4 is 28.2 Å². The first-order chi connectivity index (χ1) is 13.6. The smallest absolute Gasteiger partial charge is 0.341 e. The molecule has 0 bridgehead atoms. The second-order valence-corrected chi connectivity index (χ2v) is 8.06. The first kappa shape index (κ1) is 20.6. The highest BCUT2D eigenvalue weighted by atomic mass is 32.1. The lowest BCUT2D eigenvalue weighted by Crippen LogP contribution is -2.34. The van der Waals surface area contributed by atoms with Crippen molar-refractivity contribution in [2.75, 3.05) is 31.6 Å². The Hall–Kier alpha value is -2.18. The van der Waals surface area contributed by atoms with Gasteiger partial charge in [-0.3, -0.25) is 9.69 Å². The Morgan fingerprint density at radius 3 is 2.43 bits per heavy atom. The van der Waals surface area contributed by atoms with Crippen LogP contribution in [0.4, 0.5) is 5.00 Å². The van der Waals surface area contributed by atoms with Gasteiger partial charge in [-0.05, 0) is 45.3 Å². The van der Waals surface area contributed by atoms with E-state index < -0.39 is 5.97 Å². The molecule has 0 unspecified atom stereocenters. The lowest BCUT2D eigenvalue weighted by atomic mass is 10.0. The van der Waals surface area contributed by atoms with Crippen molar-refractivity contribution in [3.8, 4) is 11.1 Å². The zero-order valence-corrected chi connectivity index (χ0v) is 17.4. The van der Waals surface area contributed by atoms with E-state index in [0.717, 1.165) is 42.6 Å². The summed E-state index contributed by atoms with van der Waals surface area (Å²) in [7, 11) is 0. The number of hydrogen-bond acceptors (Lipinski definition) is 5. The van der Waals surface area contributed by atoms with Crippen LogP contribution in [-0.2, 0) is 9.53 Å². The van der Waals surface area contributed by atoms with Crippen LogP contribution in [0.5, 0.6) is 0 Å². The van der Waals surface area contributed by atoms with Gasteiger partial charge in [-0.1, -0.05) is 42.7 Å². The summed E-state index contributed by atoms with van der Waals surface area (Å²) >= 11 is 1.37. The van der Waals surface area contributed by atoms with E-state index in [0.29, 0.717) is 23.7 Å². The molecule has 2 aromatic rings. The molecule has 3 rings (SSSR count). The minimum atomic E-state index is -0.399. The quantitative estimate of drug-likeness (QED) is 0.713. The number of esters is 1. The van der Waals surface area contributed by atoms with E-state index in [4.69, 9.17) is 4.74 Å². The van der Waals surface area contributed by atoms with Gasteiger partial charge in [0.1, 0.15) is 10.6 Å². The standard InChI is InChI=1S/C22H28N2O3S/c1-3-27-22(26)20-18(17-10-8-16(2)9-11-17)15-28-21(20)23-19(25)14-24-12-6-4-5-7-13-24/h8-11,15H,3-7,12-14H2,1-2H3,(H,23,25). The van der Waals surface area contributed by atoms with E-state index in [1.807, 2.05) is 36.6 Å². The number of rotatable bonds is 6. The van der Waals surface area contributed by atoms with E-state index in [-0.39, 0.29) is 5.91 Å². The van der Waals surface area contributed by atoms with Gasteiger partial charge in [0.2, 0.25) is 5.91 Å². The fraction of sp³-hybridized carbons (Fsp3) is 0.455. The summed E-state index contributed by atoms with van der Waals surface area (Å²) in [5.41, 5.74) is 3.34. The van der Waals surface area contributed by atoms with Gasteiger partial charge in [-0.25, -0.2) is 4.79 Å². The third kappa shape index (κ3) is 5.20. The van der Waals surface area contributed by atoms with Gasteiger partial charge in [-0.2, -0.15) is 0 Å². The SMILES string of the molecule is CCOC(=O)c1c(-c2ccc(C)cc2)csc1NC(=O)CN1CCCCCC1. The maximum atomic E-state index is 12.6. The van der Waals surface area contributed by atoms with E-state index in [1.165, 1.54) is 24.2 Å². The number of carbonyl (C=O) groups is 2. The number of nitrogens with one attached hydrogen (secondary N) is 1. The van der Waals surface area contributed by atoms with Crippen molar-refractivity contribution < 1.29 is 14.3 Å². The summed E-state index contributed by atoms with van der Waals surface area (Å²) < 4.78 is 5.27. The topological polar surface area (TPSA) is 58.6 Å². The molecule has 150 valence electrons. The van der Waals surface area contributed by atoms with Crippen LogP contribution in [0.15, 0.2) is 29.6 Å². The van der Waals surface area contributed by atoms with Crippen LogP contribution in [-0.4, -0.2) is 43.0 Å². The summed E-state index contributed by atoms with van der Waals surface area (Å²) in [5, 5.41) is 5.44. The molecule has 0 saturated carbocycles. The summed E-state index contributed by atoms with van der Waals surface area (Å²) in [6.45, 7) is 6.38. The highest BCUT2D eigenvalue weighted by Crippen LogP contribution is 2.36. The molecule has 1 saturated heterocycles. The average Bonchev–Trinajstić information content (AvgIpc) is 2.90. The number of carbonyl (C=O) groups excluding carboxylic acids is 2. The van der Waals surface area contributed by atoms with Crippen molar-refractivity contribution in [2.45, 2.75) is 39.5 Å². The maximum Gasteiger partial charge on any atom is 0.341 e. The lowest BCUT2D eigenvalue weighted by Gasteiger charge is -2.19. The average molecular weight is 401 g/mol. The fourth-order valence-corrected chi connectivity index (χ4v) is 4.44. The van der Waals surface area contributed by atoms with Crippen LogP contribution in [0.3, 0.4) is 0 Å². The first-order valence-corrected chi connectivity index (χ1v) is 10.8. The fourth-order valence-electron chi connectivity index (χ4n) is 3.46. The number of likely N-dealkylation sites (tertiary alicyclic amines) is 1. The largest absolute Gasteiger partial charge is 0.462 e. The van der Waals surface area contributed by atoms with E-state index in [2.05, 4.69) is 10.2 Å². The summed E-state index contributed by atoms with van der Waals surface area (Å²) in [6, 6.07) is 8.00. The van der Waals surface area contributed by atoms with Crippen LogP contribution in [0.1, 0.15) is 48.5 Å². The van der Waals surface area contributed by atoms with Crippen LogP contribution in [0.25, 0.3) is 11.1 Å². The molecule has 0 radical (unpaired) electrons. The molecule has 2 heterocycles. The van der Waals surface area contributed by atoms with Crippen molar-refractivity contribution in [3.63, 3.8) is 0 Å². The van der Waals surface area contributed by atoms with Crippen molar-refractivity contribution in [1.82, 2.24) is 4.90 Å². The van der Waals surface area contributed by atoms with Gasteiger partial charge in [0.25, 0.3) is 0 Å². The highest BCUT2D eigenvalue weighted by molar-refractivity contribution is 7.15. The normalized spacial score (nSPS) is 15.1. The Kier molecular flexibility index (Phi) is 7.23. The number of anilines is 1. The summed E-state index contributed by atoms with van der Waals surface area (Å²) in [6.07, 6.45) is 4.74. The maximum absolute atomic E-state index is 12.6. The van der Waals surface area contributed by atoms with E-state index >= 15 is 0 Å². The molecule has 1 aliphatic heterocycles. The van der Waals surface area contributed by atoms with Crippen molar-refractivity contribution in [3.05, 3.63) is 40.8 Å². The van der Waals surface area contributed by atoms with Gasteiger partial charge >= 0.3 is 5.97 Å².